The van der Waals surface area contributed by atoms with Gasteiger partial charge in [-0.25, -0.2) is 0 Å². The Morgan fingerprint density at radius 1 is 0.354 bits per heavy atom. The number of rotatable bonds is 14. The Morgan fingerprint density at radius 3 is 0.878 bits per heavy atom. The summed E-state index contributed by atoms with van der Waals surface area (Å²) in [5, 5.41) is 31.8. The number of carbonyl (C=O) groups excluding carboxylic acids is 2. The number of hydrogen-bond acceptors (Lipinski definition) is 5. The van der Waals surface area contributed by atoms with E-state index < -0.39 is 51.1 Å². The van der Waals surface area contributed by atoms with Crippen LogP contribution in [0.2, 0.25) is 0 Å². The lowest BCUT2D eigenvalue weighted by Crippen LogP contribution is -2.50. The lowest BCUT2D eigenvalue weighted by molar-refractivity contribution is -0.372. The molecule has 0 radical (unpaired) electrons. The zero-order valence-corrected chi connectivity index (χ0v) is 45.6. The van der Waals surface area contributed by atoms with E-state index in [9.17, 15) is 46.0 Å². The van der Waals surface area contributed by atoms with E-state index in [0.29, 0.717) is 12.3 Å². The highest BCUT2D eigenvalue weighted by Gasteiger charge is 2.49. The number of Topliss-reactive ketones (excluding diaryl/α,β-unsaturated/α-hetero) is 2. The number of fused-ring (bicyclic) bond motifs is 2. The molecule has 14 heteroatoms. The van der Waals surface area contributed by atoms with E-state index in [1.165, 1.54) is 31.8 Å². The van der Waals surface area contributed by atoms with Gasteiger partial charge in [0.2, 0.25) is 11.6 Å². The second kappa shape index (κ2) is 26.0. The SMILES string of the molecule is O=C(C[P+](c1ccccc1)(c1ccccc1)c1ccccc1)c1cccc2ccccc12.O=C(C[P+](c1ccccc1)(c1ccccc1)c1ccccc1)c1cccc2ccccc12.[O-]B([O-])Oc1cc(C(F)(F)F)cc(C(F)(F)F)c1. The third-order valence-electron chi connectivity index (χ3n) is 13.9. The molecule has 0 heterocycles. The summed E-state index contributed by atoms with van der Waals surface area (Å²) in [5.74, 6) is -0.703. The van der Waals surface area contributed by atoms with Crippen LogP contribution in [0, 0.1) is 0 Å². The third kappa shape index (κ3) is 13.3. The van der Waals surface area contributed by atoms with Crippen LogP contribution in [0.4, 0.5) is 26.3 Å². The van der Waals surface area contributed by atoms with Gasteiger partial charge in [0.1, 0.15) is 66.0 Å². The molecule has 0 aliphatic rings. The monoisotopic (exact) mass is 1130 g/mol. The smallest absolute Gasteiger partial charge is 0.416 e. The number of halogens is 6. The van der Waals surface area contributed by atoms with Gasteiger partial charge in [-0.1, -0.05) is 194 Å². The Hall–Kier alpha value is -8.50. The van der Waals surface area contributed by atoms with Gasteiger partial charge in [-0.3, -0.25) is 9.59 Å². The lowest BCUT2D eigenvalue weighted by Gasteiger charge is -2.27. The molecule has 11 aromatic carbocycles. The molecule has 0 aliphatic heterocycles. The summed E-state index contributed by atoms with van der Waals surface area (Å²) in [6.07, 6.45) is -9.20. The van der Waals surface area contributed by atoms with Crippen LogP contribution in [0.15, 0.2) is 285 Å². The zero-order chi connectivity index (χ0) is 57.7. The molecular weight excluding hydrogens is 1080 g/mol. The number of hydrogen-bond donors (Lipinski definition) is 0. The molecule has 0 atom stereocenters. The highest BCUT2D eigenvalue weighted by atomic mass is 31.2. The van der Waals surface area contributed by atoms with Gasteiger partial charge in [0.05, 0.1) is 16.9 Å². The predicted molar refractivity (Wildman–Crippen MR) is 319 cm³/mol. The van der Waals surface area contributed by atoms with Crippen molar-refractivity contribution in [1.29, 1.82) is 0 Å². The zero-order valence-electron chi connectivity index (χ0n) is 43.8. The van der Waals surface area contributed by atoms with Crippen LogP contribution in [0.5, 0.6) is 5.75 Å². The fraction of sp³-hybridized carbons (Fsp3) is 0.0588. The van der Waals surface area contributed by atoms with Crippen LogP contribution in [-0.2, 0) is 12.4 Å². The molecule has 408 valence electrons. The average molecular weight is 1130 g/mol. The van der Waals surface area contributed by atoms with Gasteiger partial charge in [-0.15, -0.1) is 0 Å². The first-order valence-electron chi connectivity index (χ1n) is 26.0. The van der Waals surface area contributed by atoms with Gasteiger partial charge in [0.25, 0.3) is 0 Å². The molecule has 0 unspecified atom stereocenters. The van der Waals surface area contributed by atoms with E-state index in [1.54, 1.807) is 0 Å². The van der Waals surface area contributed by atoms with Crippen LogP contribution in [0.3, 0.4) is 0 Å². The van der Waals surface area contributed by atoms with Crippen molar-refractivity contribution in [3.8, 4) is 5.75 Å². The largest absolute Gasteiger partial charge is 0.860 e. The molecule has 0 saturated carbocycles. The van der Waals surface area contributed by atoms with E-state index in [2.05, 4.69) is 187 Å². The van der Waals surface area contributed by atoms with Gasteiger partial charge in [0, 0.05) is 11.1 Å². The maximum atomic E-state index is 14.0. The second-order valence-corrected chi connectivity index (χ2v) is 26.0. The van der Waals surface area contributed by atoms with E-state index in [4.69, 9.17) is 0 Å². The molecule has 0 bridgehead atoms. The Labute approximate surface area is 473 Å². The molecule has 0 N–H and O–H groups in total. The Morgan fingerprint density at radius 2 is 0.610 bits per heavy atom. The van der Waals surface area contributed by atoms with Gasteiger partial charge >= 0.3 is 12.4 Å². The van der Waals surface area contributed by atoms with Crippen LogP contribution in [-0.4, -0.2) is 31.2 Å². The summed E-state index contributed by atoms with van der Waals surface area (Å²) in [6.45, 7) is 0. The first-order chi connectivity index (χ1) is 39.6. The van der Waals surface area contributed by atoms with Crippen LogP contribution in [0.1, 0.15) is 31.8 Å². The maximum Gasteiger partial charge on any atom is 0.416 e. The van der Waals surface area contributed by atoms with Crippen LogP contribution >= 0.6 is 14.5 Å². The minimum absolute atomic E-state index is 0.141. The fourth-order valence-corrected chi connectivity index (χ4v) is 18.4. The summed E-state index contributed by atoms with van der Waals surface area (Å²) in [4.78, 5) is 28.0. The molecular formula is C68H51BF6O5P2. The number of alkyl halides is 6. The van der Waals surface area contributed by atoms with Gasteiger partial charge in [0.15, 0.2) is 0 Å². The minimum Gasteiger partial charge on any atom is -0.860 e. The first kappa shape index (κ1) is 58.2. The molecule has 0 aromatic heterocycles. The van der Waals surface area contributed by atoms with Crippen LogP contribution in [0.25, 0.3) is 21.5 Å². The van der Waals surface area contributed by atoms with E-state index in [1.807, 2.05) is 84.9 Å². The molecule has 82 heavy (non-hydrogen) atoms. The van der Waals surface area contributed by atoms with E-state index in [0.717, 1.165) is 32.7 Å². The quantitative estimate of drug-likeness (QED) is 0.0468. The second-order valence-electron chi connectivity index (χ2n) is 19.0. The normalized spacial score (nSPS) is 11.6. The topological polar surface area (TPSA) is 89.5 Å². The van der Waals surface area contributed by atoms with Gasteiger partial charge in [-0.05, 0) is 113 Å². The first-order valence-corrected chi connectivity index (χ1v) is 29.9. The molecule has 11 aromatic rings. The van der Waals surface area contributed by atoms with Crippen molar-refractivity contribution in [3.63, 3.8) is 0 Å². The Kier molecular flexibility index (Phi) is 18.4. The molecule has 0 amide bonds. The summed E-state index contributed by atoms with van der Waals surface area (Å²) < 4.78 is 77.5. The number of ketones is 2. The number of carbonyl (C=O) groups is 2. The van der Waals surface area contributed by atoms with Gasteiger partial charge < -0.3 is 14.7 Å². The summed E-state index contributed by atoms with van der Waals surface area (Å²) in [5.41, 5.74) is -1.72. The maximum absolute atomic E-state index is 14.0. The van der Waals surface area contributed by atoms with E-state index in [-0.39, 0.29) is 29.8 Å². The minimum atomic E-state index is -5.05. The third-order valence-corrected chi connectivity index (χ3v) is 22.5. The Balaban J connectivity index is 0.000000155. The van der Waals surface area contributed by atoms with Crippen molar-refractivity contribution >= 4 is 86.8 Å². The van der Waals surface area contributed by atoms with Crippen molar-refractivity contribution in [2.24, 2.45) is 0 Å². The van der Waals surface area contributed by atoms with Crippen molar-refractivity contribution in [3.05, 3.63) is 307 Å². The molecule has 0 aliphatic carbocycles. The van der Waals surface area contributed by atoms with Crippen molar-refractivity contribution in [2.45, 2.75) is 12.4 Å². The predicted octanol–water partition coefficient (Wildman–Crippen LogP) is 12.8. The number of benzene rings is 11. The summed E-state index contributed by atoms with van der Waals surface area (Å²) in [7, 11) is -7.42. The van der Waals surface area contributed by atoms with Gasteiger partial charge in [-0.2, -0.15) is 26.3 Å². The highest BCUT2D eigenvalue weighted by molar-refractivity contribution is 7.96. The van der Waals surface area contributed by atoms with E-state index >= 15 is 0 Å². The summed E-state index contributed by atoms with van der Waals surface area (Å²) >= 11 is 0. The standard InChI is InChI=1S/2C30H24OP.C8H3BF6O3/c2*31-30(29-22-12-14-24-13-10-11-21-28(24)29)23-32(25-15-4-1-5-16-25,26-17-6-2-7-18-26)27-19-8-3-9-20-27;10-7(11,12)4-1-5(8(13,14)15)3-6(2-4)18-9(16)17/h2*1-22H,23H2;1-3H/q2*+1;-2. The molecule has 0 fully saturated rings. The Bertz CT molecular complexity index is 3440. The lowest BCUT2D eigenvalue weighted by atomic mass is 10.0. The summed E-state index contributed by atoms with van der Waals surface area (Å²) in [6, 6.07) is 92.0. The average Bonchev–Trinajstić information content (AvgIpc) is 3.61. The molecule has 0 spiro atoms. The molecule has 11 rings (SSSR count). The molecule has 5 nitrogen and oxygen atoms in total. The van der Waals surface area contributed by atoms with Crippen molar-refractivity contribution in [2.75, 3.05) is 12.3 Å². The van der Waals surface area contributed by atoms with Crippen molar-refractivity contribution in [1.82, 2.24) is 0 Å². The molecule has 0 saturated heterocycles. The highest BCUT2D eigenvalue weighted by Crippen LogP contribution is 2.57. The van der Waals surface area contributed by atoms with Crippen LogP contribution < -0.4 is 46.5 Å². The van der Waals surface area contributed by atoms with Crippen molar-refractivity contribution < 1.29 is 50.6 Å². The fourth-order valence-electron chi connectivity index (χ4n) is 10.2.